The second-order valence-electron chi connectivity index (χ2n) is 9.13. The van der Waals surface area contributed by atoms with Gasteiger partial charge in [0.15, 0.2) is 9.75 Å². The van der Waals surface area contributed by atoms with E-state index in [0.717, 1.165) is 9.80 Å². The molecule has 33 heavy (non-hydrogen) atoms. The Morgan fingerprint density at radius 3 is 2.39 bits per heavy atom. The number of halogens is 2. The molecule has 4 amide bonds. The van der Waals surface area contributed by atoms with Gasteiger partial charge in [-0.25, -0.2) is 0 Å². The van der Waals surface area contributed by atoms with Crippen LogP contribution in [0.5, 0.6) is 11.5 Å². The van der Waals surface area contributed by atoms with E-state index < -0.39 is 45.2 Å². The van der Waals surface area contributed by atoms with Crippen molar-refractivity contribution in [3.63, 3.8) is 0 Å². The first-order chi connectivity index (χ1) is 15.5. The Morgan fingerprint density at radius 1 is 1.03 bits per heavy atom. The van der Waals surface area contributed by atoms with Gasteiger partial charge in [-0.1, -0.05) is 17.7 Å². The first-order valence-electron chi connectivity index (χ1n) is 10.6. The van der Waals surface area contributed by atoms with Crippen LogP contribution in [0.3, 0.4) is 0 Å². The van der Waals surface area contributed by atoms with E-state index in [4.69, 9.17) is 27.9 Å². The van der Waals surface area contributed by atoms with Gasteiger partial charge in [0.25, 0.3) is 11.8 Å². The Bertz CT molecular complexity index is 1170. The summed E-state index contributed by atoms with van der Waals surface area (Å²) in [5.41, 5.74) is 0.825. The molecule has 6 unspecified atom stereocenters. The molecule has 1 aromatic rings. The van der Waals surface area contributed by atoms with E-state index in [1.54, 1.807) is 12.1 Å². The van der Waals surface area contributed by atoms with Gasteiger partial charge >= 0.3 is 0 Å². The van der Waals surface area contributed by atoms with Crippen molar-refractivity contribution in [3.8, 4) is 11.5 Å². The molecule has 1 N–H and O–H groups in total. The quantitative estimate of drug-likeness (QED) is 0.384. The third kappa shape index (κ3) is 2.48. The van der Waals surface area contributed by atoms with E-state index in [9.17, 15) is 24.3 Å². The highest BCUT2D eigenvalue weighted by Gasteiger charge is 2.76. The highest BCUT2D eigenvalue weighted by atomic mass is 35.5. The molecular weight excluding hydrogens is 471 g/mol. The van der Waals surface area contributed by atoms with E-state index in [-0.39, 0.29) is 41.7 Å². The number of methoxy groups -OCH3 is 1. The van der Waals surface area contributed by atoms with Crippen LogP contribution in [0.2, 0.25) is 0 Å². The standard InChI is InChI=1S/C23H22Cl2N2O6/c1-26-18(29)11-8-7-10-12(15(11)19(26)30)9-22(24)20(31)27(2)21(32)23(22,25)17(10)16-13(28)5-4-6-14(16)33-3/h4-7,11-12,15,17,28H,8-9H2,1-3H3. The van der Waals surface area contributed by atoms with Crippen molar-refractivity contribution in [2.24, 2.45) is 17.8 Å². The molecule has 2 aliphatic carbocycles. The molecule has 5 rings (SSSR count). The molecule has 2 aliphatic heterocycles. The highest BCUT2D eigenvalue weighted by Crippen LogP contribution is 2.66. The fourth-order valence-corrected chi connectivity index (χ4v) is 7.22. The first kappa shape index (κ1) is 22.2. The van der Waals surface area contributed by atoms with Crippen molar-refractivity contribution >= 4 is 46.8 Å². The number of carbonyl (C=O) groups is 4. The van der Waals surface area contributed by atoms with Gasteiger partial charge in [0.1, 0.15) is 11.5 Å². The Kier molecular flexibility index (Phi) is 4.69. The van der Waals surface area contributed by atoms with Crippen LogP contribution < -0.4 is 4.74 Å². The smallest absolute Gasteiger partial charge is 0.253 e. The molecule has 1 aromatic carbocycles. The lowest BCUT2D eigenvalue weighted by atomic mass is 9.56. The van der Waals surface area contributed by atoms with Crippen molar-refractivity contribution in [1.29, 1.82) is 0 Å². The number of allylic oxidation sites excluding steroid dienone is 2. The zero-order chi connectivity index (χ0) is 24.0. The van der Waals surface area contributed by atoms with Crippen molar-refractivity contribution in [3.05, 3.63) is 35.4 Å². The Morgan fingerprint density at radius 2 is 1.73 bits per heavy atom. The summed E-state index contributed by atoms with van der Waals surface area (Å²) in [6.07, 6.45) is 2.00. The van der Waals surface area contributed by atoms with Gasteiger partial charge in [-0.15, -0.1) is 23.2 Å². The Balaban J connectivity index is 1.80. The second-order valence-corrected chi connectivity index (χ2v) is 10.4. The summed E-state index contributed by atoms with van der Waals surface area (Å²) >= 11 is 14.1. The minimum absolute atomic E-state index is 0.0841. The number of phenolic OH excluding ortho intramolecular Hbond substituents is 1. The second kappa shape index (κ2) is 6.96. The molecule has 2 heterocycles. The molecule has 174 valence electrons. The number of hydrogen-bond acceptors (Lipinski definition) is 6. The van der Waals surface area contributed by atoms with Crippen molar-refractivity contribution in [1.82, 2.24) is 9.80 Å². The molecule has 0 radical (unpaired) electrons. The first-order valence-corrected chi connectivity index (χ1v) is 11.3. The number of fused-ring (bicyclic) bond motifs is 4. The lowest BCUT2D eigenvalue weighted by molar-refractivity contribution is -0.140. The van der Waals surface area contributed by atoms with Crippen molar-refractivity contribution in [2.45, 2.75) is 28.5 Å². The molecule has 3 fully saturated rings. The zero-order valence-electron chi connectivity index (χ0n) is 18.2. The third-order valence-electron chi connectivity index (χ3n) is 7.79. The van der Waals surface area contributed by atoms with E-state index in [1.807, 2.05) is 6.08 Å². The van der Waals surface area contributed by atoms with Crippen LogP contribution in [-0.4, -0.2) is 69.5 Å². The number of likely N-dealkylation sites (tertiary alicyclic amines) is 2. The van der Waals surface area contributed by atoms with Gasteiger partial charge in [-0.2, -0.15) is 0 Å². The SMILES string of the molecule is COc1cccc(O)c1C1C2=CCC3C(=O)N(C)C(=O)C3C2CC2(Cl)C(=O)N(C)C(=O)C12Cl. The van der Waals surface area contributed by atoms with Gasteiger partial charge < -0.3 is 9.84 Å². The summed E-state index contributed by atoms with van der Waals surface area (Å²) in [6.45, 7) is 0. The monoisotopic (exact) mass is 492 g/mol. The molecule has 4 aliphatic rings. The molecule has 0 bridgehead atoms. The van der Waals surface area contributed by atoms with Crippen LogP contribution in [0.4, 0.5) is 0 Å². The van der Waals surface area contributed by atoms with Crippen LogP contribution in [0.1, 0.15) is 24.3 Å². The summed E-state index contributed by atoms with van der Waals surface area (Å²) in [6, 6.07) is 4.64. The number of alkyl halides is 2. The van der Waals surface area contributed by atoms with Crippen LogP contribution in [0.25, 0.3) is 0 Å². The summed E-state index contributed by atoms with van der Waals surface area (Å²) < 4.78 is 5.49. The molecule has 8 nitrogen and oxygen atoms in total. The molecule has 10 heteroatoms. The molecular formula is C23H22Cl2N2O6. The van der Waals surface area contributed by atoms with Gasteiger partial charge in [-0.05, 0) is 30.9 Å². The normalized spacial score (nSPS) is 37.7. The Hall–Kier alpha value is -2.58. The number of nitrogens with zero attached hydrogens (tertiary/aromatic N) is 2. The summed E-state index contributed by atoms with van der Waals surface area (Å²) in [4.78, 5) is 50.7. The van der Waals surface area contributed by atoms with Gasteiger partial charge in [0.2, 0.25) is 11.8 Å². The molecule has 0 spiro atoms. The van der Waals surface area contributed by atoms with E-state index in [2.05, 4.69) is 0 Å². The predicted molar refractivity (Wildman–Crippen MR) is 118 cm³/mol. The summed E-state index contributed by atoms with van der Waals surface area (Å²) in [7, 11) is 4.17. The maximum Gasteiger partial charge on any atom is 0.253 e. The summed E-state index contributed by atoms with van der Waals surface area (Å²) in [5.74, 6) is -4.88. The highest BCUT2D eigenvalue weighted by molar-refractivity contribution is 6.53. The van der Waals surface area contributed by atoms with Crippen LogP contribution >= 0.6 is 23.2 Å². The summed E-state index contributed by atoms with van der Waals surface area (Å²) in [5, 5.41) is 10.9. The molecule has 6 atom stereocenters. The average molecular weight is 493 g/mol. The van der Waals surface area contributed by atoms with Gasteiger partial charge in [0, 0.05) is 25.6 Å². The fraction of sp³-hybridized carbons (Fsp3) is 0.478. The fourth-order valence-electron chi connectivity index (χ4n) is 6.22. The topological polar surface area (TPSA) is 104 Å². The van der Waals surface area contributed by atoms with E-state index in [0.29, 0.717) is 5.57 Å². The maximum absolute atomic E-state index is 13.5. The zero-order valence-corrected chi connectivity index (χ0v) is 19.7. The molecule has 1 saturated carbocycles. The van der Waals surface area contributed by atoms with Crippen LogP contribution in [-0.2, 0) is 19.2 Å². The number of hydrogen-bond donors (Lipinski definition) is 1. The molecule has 0 aromatic heterocycles. The van der Waals surface area contributed by atoms with Crippen molar-refractivity contribution in [2.75, 3.05) is 21.2 Å². The minimum Gasteiger partial charge on any atom is -0.508 e. The number of phenols is 1. The van der Waals surface area contributed by atoms with E-state index in [1.165, 1.54) is 27.3 Å². The maximum atomic E-state index is 13.5. The lowest BCUT2D eigenvalue weighted by Gasteiger charge is -2.51. The van der Waals surface area contributed by atoms with Crippen molar-refractivity contribution < 1.29 is 29.0 Å². The number of ether oxygens (including phenoxy) is 1. The van der Waals surface area contributed by atoms with Gasteiger partial charge in [-0.3, -0.25) is 29.0 Å². The number of amides is 4. The number of imide groups is 2. The van der Waals surface area contributed by atoms with E-state index >= 15 is 0 Å². The minimum atomic E-state index is -1.96. The average Bonchev–Trinajstić information content (AvgIpc) is 3.09. The number of carbonyl (C=O) groups excluding carboxylic acids is 4. The van der Waals surface area contributed by atoms with Gasteiger partial charge in [0.05, 0.1) is 18.9 Å². The molecule has 2 saturated heterocycles. The van der Waals surface area contributed by atoms with Crippen LogP contribution in [0, 0.1) is 17.8 Å². The predicted octanol–water partition coefficient (Wildman–Crippen LogP) is 2.02. The lowest BCUT2D eigenvalue weighted by Crippen LogP contribution is -2.60. The third-order valence-corrected chi connectivity index (χ3v) is 9.20. The Labute approximate surface area is 200 Å². The van der Waals surface area contributed by atoms with Crippen LogP contribution in [0.15, 0.2) is 29.8 Å². The number of aromatic hydroxyl groups is 1. The number of rotatable bonds is 2. The largest absolute Gasteiger partial charge is 0.508 e. The number of benzene rings is 1.